The predicted molar refractivity (Wildman–Crippen MR) is 152 cm³/mol. The van der Waals surface area contributed by atoms with Gasteiger partial charge in [0.1, 0.15) is 0 Å². The van der Waals surface area contributed by atoms with Crippen LogP contribution in [0.15, 0.2) is 94.9 Å². The molecule has 192 valence electrons. The van der Waals surface area contributed by atoms with Crippen molar-refractivity contribution in [2.75, 3.05) is 7.11 Å². The van der Waals surface area contributed by atoms with Crippen LogP contribution in [-0.4, -0.2) is 36.6 Å². The van der Waals surface area contributed by atoms with Gasteiger partial charge in [0.2, 0.25) is 0 Å². The molecule has 0 saturated heterocycles. The molecule has 2 aliphatic heterocycles. The lowest BCUT2D eigenvalue weighted by Gasteiger charge is -2.13. The quantitative estimate of drug-likeness (QED) is 0.271. The highest BCUT2D eigenvalue weighted by atomic mass is 16.5. The van der Waals surface area contributed by atoms with Crippen molar-refractivity contribution in [1.82, 2.24) is 0 Å². The summed E-state index contributed by atoms with van der Waals surface area (Å²) >= 11 is 0. The maximum absolute atomic E-state index is 11.9. The van der Waals surface area contributed by atoms with E-state index in [0.29, 0.717) is 17.5 Å². The minimum absolute atomic E-state index is 0.112. The first-order valence-electron chi connectivity index (χ1n) is 12.8. The van der Waals surface area contributed by atoms with Gasteiger partial charge in [-0.25, -0.2) is 9.59 Å². The highest BCUT2D eigenvalue weighted by Crippen LogP contribution is 2.40. The number of esters is 1. The van der Waals surface area contributed by atoms with Gasteiger partial charge in [-0.15, -0.1) is 0 Å². The molecule has 4 aromatic rings. The third-order valence-corrected chi connectivity index (χ3v) is 7.41. The Hall–Kier alpha value is -4.84. The molecule has 0 radical (unpaired) electrons. The predicted octanol–water partition coefficient (Wildman–Crippen LogP) is 6.92. The number of hydrogen-bond donors (Lipinski definition) is 1. The van der Waals surface area contributed by atoms with Gasteiger partial charge < -0.3 is 9.84 Å². The minimum Gasteiger partial charge on any atom is -0.478 e. The summed E-state index contributed by atoms with van der Waals surface area (Å²) in [6.07, 6.45) is 5.39. The fourth-order valence-electron chi connectivity index (χ4n) is 5.41. The van der Waals surface area contributed by atoms with Crippen molar-refractivity contribution in [3.8, 4) is 11.1 Å². The number of carboxylic acids is 1. The molecular weight excluding hydrogens is 488 g/mol. The number of aromatic carboxylic acids is 1. The minimum atomic E-state index is -0.917. The van der Waals surface area contributed by atoms with Crippen LogP contribution in [0.5, 0.6) is 0 Å². The molecule has 0 amide bonds. The van der Waals surface area contributed by atoms with Gasteiger partial charge in [0.05, 0.1) is 29.6 Å². The Kier molecular flexibility index (Phi) is 6.37. The monoisotopic (exact) mass is 514 g/mol. The molecule has 0 saturated carbocycles. The molecule has 4 aromatic carbocycles. The van der Waals surface area contributed by atoms with E-state index in [1.54, 1.807) is 24.3 Å². The summed E-state index contributed by atoms with van der Waals surface area (Å²) < 4.78 is 4.85. The van der Waals surface area contributed by atoms with Gasteiger partial charge in [-0.1, -0.05) is 48.5 Å². The first kappa shape index (κ1) is 24.5. The van der Waals surface area contributed by atoms with Gasteiger partial charge in [0, 0.05) is 24.3 Å². The Bertz CT molecular complexity index is 1670. The highest BCUT2D eigenvalue weighted by Gasteiger charge is 2.23. The van der Waals surface area contributed by atoms with Crippen molar-refractivity contribution in [2.45, 2.75) is 24.7 Å². The zero-order valence-corrected chi connectivity index (χ0v) is 21.4. The van der Waals surface area contributed by atoms with E-state index in [4.69, 9.17) is 9.73 Å². The Balaban J connectivity index is 1.19. The number of carbonyl (C=O) groups is 2. The van der Waals surface area contributed by atoms with Crippen LogP contribution in [-0.2, 0) is 17.6 Å². The third kappa shape index (κ3) is 4.89. The molecule has 6 nitrogen and oxygen atoms in total. The van der Waals surface area contributed by atoms with E-state index in [2.05, 4.69) is 41.4 Å². The van der Waals surface area contributed by atoms with E-state index in [0.717, 1.165) is 45.6 Å². The SMILES string of the molecule is COC(=O)c1cccc(CC2C=Nc3cc(-c4ccc5c(c4)N=CC5Cc4cccc(C(=O)O)c4)ccc32)c1. The van der Waals surface area contributed by atoms with Gasteiger partial charge in [0.15, 0.2) is 0 Å². The summed E-state index contributed by atoms with van der Waals surface area (Å²) in [4.78, 5) is 32.6. The van der Waals surface area contributed by atoms with Gasteiger partial charge in [-0.05, 0) is 82.6 Å². The normalized spacial score (nSPS) is 16.6. The zero-order valence-electron chi connectivity index (χ0n) is 21.4. The summed E-state index contributed by atoms with van der Waals surface area (Å²) in [5.41, 5.74) is 9.27. The molecule has 0 aliphatic carbocycles. The molecular formula is C33H26N2O4. The average molecular weight is 515 g/mol. The van der Waals surface area contributed by atoms with Crippen LogP contribution in [0.1, 0.15) is 54.8 Å². The number of hydrogen-bond acceptors (Lipinski definition) is 5. The van der Waals surface area contributed by atoms with Gasteiger partial charge in [-0.3, -0.25) is 9.98 Å². The molecule has 39 heavy (non-hydrogen) atoms. The van der Waals surface area contributed by atoms with Crippen molar-refractivity contribution in [1.29, 1.82) is 0 Å². The Morgan fingerprint density at radius 1 is 0.718 bits per heavy atom. The summed E-state index contributed by atoms with van der Waals surface area (Å²) in [5, 5.41) is 9.29. The number of aliphatic imine (C=N–C) groups is 2. The summed E-state index contributed by atoms with van der Waals surface area (Å²) in [6.45, 7) is 0. The van der Waals surface area contributed by atoms with E-state index < -0.39 is 5.97 Å². The number of nitrogens with zero attached hydrogens (tertiary/aromatic N) is 2. The number of carboxylic acid groups (broad SMARTS) is 1. The van der Waals surface area contributed by atoms with Crippen molar-refractivity contribution < 1.29 is 19.4 Å². The smallest absolute Gasteiger partial charge is 0.337 e. The molecule has 1 N–H and O–H groups in total. The van der Waals surface area contributed by atoms with Crippen LogP contribution < -0.4 is 0 Å². The third-order valence-electron chi connectivity index (χ3n) is 7.41. The second-order valence-electron chi connectivity index (χ2n) is 9.92. The van der Waals surface area contributed by atoms with Crippen molar-refractivity contribution in [3.63, 3.8) is 0 Å². The number of fused-ring (bicyclic) bond motifs is 2. The van der Waals surface area contributed by atoms with E-state index in [-0.39, 0.29) is 17.8 Å². The van der Waals surface area contributed by atoms with Crippen LogP contribution in [0.25, 0.3) is 11.1 Å². The van der Waals surface area contributed by atoms with Crippen molar-refractivity contribution in [3.05, 3.63) is 118 Å². The first-order chi connectivity index (χ1) is 19.0. The lowest BCUT2D eigenvalue weighted by atomic mass is 9.90. The topological polar surface area (TPSA) is 88.3 Å². The molecule has 0 spiro atoms. The molecule has 2 unspecified atom stereocenters. The van der Waals surface area contributed by atoms with E-state index >= 15 is 0 Å². The van der Waals surface area contributed by atoms with Crippen LogP contribution in [0.4, 0.5) is 11.4 Å². The van der Waals surface area contributed by atoms with Crippen molar-refractivity contribution >= 4 is 35.7 Å². The number of ether oxygens (including phenoxy) is 1. The van der Waals surface area contributed by atoms with Crippen LogP contribution >= 0.6 is 0 Å². The Morgan fingerprint density at radius 3 is 1.74 bits per heavy atom. The molecule has 0 fully saturated rings. The van der Waals surface area contributed by atoms with Crippen LogP contribution in [0, 0.1) is 0 Å². The lowest BCUT2D eigenvalue weighted by Crippen LogP contribution is -2.04. The number of rotatable bonds is 7. The molecule has 2 heterocycles. The molecule has 0 aromatic heterocycles. The maximum atomic E-state index is 11.9. The fraction of sp³-hybridized carbons (Fsp3) is 0.152. The lowest BCUT2D eigenvalue weighted by molar-refractivity contribution is 0.0599. The number of methoxy groups -OCH3 is 1. The average Bonchev–Trinajstić information content (AvgIpc) is 3.56. The van der Waals surface area contributed by atoms with Gasteiger partial charge >= 0.3 is 11.9 Å². The summed E-state index contributed by atoms with van der Waals surface area (Å²) in [7, 11) is 1.39. The summed E-state index contributed by atoms with van der Waals surface area (Å²) in [5.74, 6) is -0.993. The summed E-state index contributed by atoms with van der Waals surface area (Å²) in [6, 6.07) is 27.4. The first-order valence-corrected chi connectivity index (χ1v) is 12.8. The zero-order chi connectivity index (χ0) is 26.9. The number of carbonyl (C=O) groups excluding carboxylic acids is 1. The largest absolute Gasteiger partial charge is 0.478 e. The molecule has 0 bridgehead atoms. The van der Waals surface area contributed by atoms with E-state index in [1.807, 2.05) is 36.7 Å². The molecule has 6 heteroatoms. The standard InChI is InChI=1S/C33H26N2O4/c1-39-33(38)25-7-3-5-21(13-25)15-27-19-35-31-17-23(9-11-29(27)31)22-8-10-28-26(18-34-30(28)16-22)14-20-4-2-6-24(12-20)32(36)37/h2-13,16-19,26-27H,14-15H2,1H3,(H,36,37). The second-order valence-corrected chi connectivity index (χ2v) is 9.92. The molecule has 2 aliphatic rings. The van der Waals surface area contributed by atoms with Crippen LogP contribution in [0.2, 0.25) is 0 Å². The highest BCUT2D eigenvalue weighted by molar-refractivity contribution is 5.90. The second kappa shape index (κ2) is 10.1. The Morgan fingerprint density at radius 2 is 1.23 bits per heavy atom. The van der Waals surface area contributed by atoms with E-state index in [1.165, 1.54) is 12.7 Å². The van der Waals surface area contributed by atoms with Gasteiger partial charge in [0.25, 0.3) is 0 Å². The Labute approximate surface area is 226 Å². The fourth-order valence-corrected chi connectivity index (χ4v) is 5.41. The number of benzene rings is 4. The van der Waals surface area contributed by atoms with Crippen molar-refractivity contribution in [2.24, 2.45) is 9.98 Å². The van der Waals surface area contributed by atoms with Gasteiger partial charge in [-0.2, -0.15) is 0 Å². The maximum Gasteiger partial charge on any atom is 0.337 e. The molecule has 2 atom stereocenters. The molecule has 6 rings (SSSR count). The van der Waals surface area contributed by atoms with E-state index in [9.17, 15) is 14.7 Å². The van der Waals surface area contributed by atoms with Crippen LogP contribution in [0.3, 0.4) is 0 Å².